The molecule has 0 bridgehead atoms. The van der Waals surface area contributed by atoms with Gasteiger partial charge < -0.3 is 10.2 Å². The van der Waals surface area contributed by atoms with Crippen LogP contribution in [0.4, 0.5) is 0 Å². The first-order chi connectivity index (χ1) is 7.56. The maximum absolute atomic E-state index is 10.3. The smallest absolute Gasteiger partial charge is 0.331 e. The Morgan fingerprint density at radius 1 is 1.19 bits per heavy atom. The summed E-state index contributed by atoms with van der Waals surface area (Å²) in [5.41, 5.74) is 2.35. The lowest BCUT2D eigenvalue weighted by atomic mass is 9.87. The standard InChI is InChI=1S/C7H10O2.C5H6O2/c1-2-5-3-4-6(5)7(8)9;6-5(7)4-2-1-3-4/h2-4H2,1H3,(H,8,9);2H,1,3H2,(H,6,7). The molecule has 0 aromatic heterocycles. The Kier molecular flexibility index (Phi) is 4.28. The largest absolute Gasteiger partial charge is 0.478 e. The zero-order chi connectivity index (χ0) is 12.1. The van der Waals surface area contributed by atoms with Crippen LogP contribution in [0.2, 0.25) is 0 Å². The summed E-state index contributed by atoms with van der Waals surface area (Å²) in [4.78, 5) is 20.2. The number of aliphatic carboxylic acids is 2. The Balaban J connectivity index is 0.000000165. The lowest BCUT2D eigenvalue weighted by molar-refractivity contribution is -0.134. The van der Waals surface area contributed by atoms with Crippen LogP contribution in [0.3, 0.4) is 0 Å². The summed E-state index contributed by atoms with van der Waals surface area (Å²) in [7, 11) is 0. The van der Waals surface area contributed by atoms with E-state index in [1.807, 2.05) is 6.92 Å². The highest BCUT2D eigenvalue weighted by molar-refractivity contribution is 5.89. The number of carbonyl (C=O) groups is 2. The van der Waals surface area contributed by atoms with Crippen LogP contribution in [0.15, 0.2) is 22.8 Å². The van der Waals surface area contributed by atoms with E-state index in [4.69, 9.17) is 10.2 Å². The normalized spacial score (nSPS) is 17.4. The number of allylic oxidation sites excluding steroid dienone is 2. The predicted octanol–water partition coefficient (Wildman–Crippen LogP) is 2.36. The van der Waals surface area contributed by atoms with E-state index >= 15 is 0 Å². The summed E-state index contributed by atoms with van der Waals surface area (Å²) in [6.07, 6.45) is 6.12. The van der Waals surface area contributed by atoms with Crippen molar-refractivity contribution >= 4 is 11.9 Å². The van der Waals surface area contributed by atoms with Gasteiger partial charge in [0.1, 0.15) is 0 Å². The van der Waals surface area contributed by atoms with Crippen LogP contribution in [0, 0.1) is 0 Å². The molecule has 0 atom stereocenters. The van der Waals surface area contributed by atoms with Gasteiger partial charge in [0, 0.05) is 11.1 Å². The zero-order valence-corrected chi connectivity index (χ0v) is 9.32. The quantitative estimate of drug-likeness (QED) is 0.771. The van der Waals surface area contributed by atoms with E-state index in [1.54, 1.807) is 6.08 Å². The molecule has 0 aromatic carbocycles. The molecule has 4 heteroatoms. The molecule has 16 heavy (non-hydrogen) atoms. The van der Waals surface area contributed by atoms with Crippen molar-refractivity contribution in [3.05, 3.63) is 22.8 Å². The minimum atomic E-state index is -0.758. The van der Waals surface area contributed by atoms with Crippen molar-refractivity contribution in [2.75, 3.05) is 0 Å². The van der Waals surface area contributed by atoms with Crippen LogP contribution in [-0.2, 0) is 9.59 Å². The molecule has 0 saturated heterocycles. The van der Waals surface area contributed by atoms with Gasteiger partial charge in [0.2, 0.25) is 0 Å². The molecule has 2 aliphatic carbocycles. The fourth-order valence-corrected chi connectivity index (χ4v) is 1.56. The Morgan fingerprint density at radius 3 is 1.88 bits per heavy atom. The third kappa shape index (κ3) is 2.95. The van der Waals surface area contributed by atoms with Gasteiger partial charge in [0.05, 0.1) is 0 Å². The van der Waals surface area contributed by atoms with Gasteiger partial charge in [-0.2, -0.15) is 0 Å². The van der Waals surface area contributed by atoms with E-state index in [9.17, 15) is 9.59 Å². The average molecular weight is 224 g/mol. The lowest BCUT2D eigenvalue weighted by Gasteiger charge is -2.18. The Bertz CT molecular complexity index is 363. The Morgan fingerprint density at radius 2 is 1.81 bits per heavy atom. The van der Waals surface area contributed by atoms with E-state index in [2.05, 4.69) is 0 Å². The highest BCUT2D eigenvalue weighted by atomic mass is 16.4. The minimum absolute atomic E-state index is 0.569. The molecule has 0 aliphatic heterocycles. The van der Waals surface area contributed by atoms with Crippen LogP contribution >= 0.6 is 0 Å². The number of carboxylic acid groups (broad SMARTS) is 2. The summed E-state index contributed by atoms with van der Waals surface area (Å²) in [6.45, 7) is 2.00. The van der Waals surface area contributed by atoms with Crippen LogP contribution in [-0.4, -0.2) is 22.2 Å². The zero-order valence-electron chi connectivity index (χ0n) is 9.32. The van der Waals surface area contributed by atoms with Crippen LogP contribution in [0.5, 0.6) is 0 Å². The number of hydrogen-bond donors (Lipinski definition) is 2. The summed E-state index contributed by atoms with van der Waals surface area (Å²) >= 11 is 0. The molecule has 88 valence electrons. The van der Waals surface area contributed by atoms with Crippen LogP contribution in [0.25, 0.3) is 0 Å². The van der Waals surface area contributed by atoms with Gasteiger partial charge >= 0.3 is 11.9 Å². The van der Waals surface area contributed by atoms with Crippen molar-refractivity contribution in [3.8, 4) is 0 Å². The molecule has 2 rings (SSSR count). The second-order valence-electron chi connectivity index (χ2n) is 3.81. The molecule has 4 nitrogen and oxygen atoms in total. The van der Waals surface area contributed by atoms with E-state index in [1.165, 1.54) is 0 Å². The van der Waals surface area contributed by atoms with Crippen molar-refractivity contribution in [2.24, 2.45) is 0 Å². The molecule has 0 amide bonds. The van der Waals surface area contributed by atoms with E-state index in [0.717, 1.165) is 37.7 Å². The summed E-state index contributed by atoms with van der Waals surface area (Å²) in [6, 6.07) is 0. The highest BCUT2D eigenvalue weighted by Gasteiger charge is 2.20. The maximum Gasteiger partial charge on any atom is 0.331 e. The summed E-state index contributed by atoms with van der Waals surface area (Å²) in [5.74, 6) is -1.48. The van der Waals surface area contributed by atoms with Crippen molar-refractivity contribution in [3.63, 3.8) is 0 Å². The number of rotatable bonds is 3. The van der Waals surface area contributed by atoms with Gasteiger partial charge in [-0.1, -0.05) is 18.6 Å². The fraction of sp³-hybridized carbons (Fsp3) is 0.500. The molecule has 2 aliphatic rings. The number of carboxylic acids is 2. The van der Waals surface area contributed by atoms with Gasteiger partial charge in [-0.25, -0.2) is 9.59 Å². The van der Waals surface area contributed by atoms with Gasteiger partial charge in [0.25, 0.3) is 0 Å². The predicted molar refractivity (Wildman–Crippen MR) is 59.1 cm³/mol. The summed E-state index contributed by atoms with van der Waals surface area (Å²) in [5, 5.41) is 16.6. The highest BCUT2D eigenvalue weighted by Crippen LogP contribution is 2.29. The molecule has 0 heterocycles. The minimum Gasteiger partial charge on any atom is -0.478 e. The first-order valence-electron chi connectivity index (χ1n) is 5.42. The molecule has 2 N–H and O–H groups in total. The van der Waals surface area contributed by atoms with E-state index in [0.29, 0.717) is 11.1 Å². The molecule has 0 saturated carbocycles. The lowest BCUT2D eigenvalue weighted by Crippen LogP contribution is -2.12. The monoisotopic (exact) mass is 224 g/mol. The first-order valence-corrected chi connectivity index (χ1v) is 5.42. The van der Waals surface area contributed by atoms with Gasteiger partial charge in [0.15, 0.2) is 0 Å². The maximum atomic E-state index is 10.3. The van der Waals surface area contributed by atoms with Gasteiger partial charge in [-0.05, 0) is 32.1 Å². The van der Waals surface area contributed by atoms with E-state index in [-0.39, 0.29) is 0 Å². The molecule has 0 radical (unpaired) electrons. The fourth-order valence-electron chi connectivity index (χ4n) is 1.56. The van der Waals surface area contributed by atoms with Crippen LogP contribution < -0.4 is 0 Å². The SMILES string of the molecule is CCC1=C(C(=O)O)CC1.O=C(O)C1=CCC1. The molecule has 0 fully saturated rings. The number of hydrogen-bond acceptors (Lipinski definition) is 2. The van der Waals surface area contributed by atoms with Crippen molar-refractivity contribution < 1.29 is 19.8 Å². The molecule has 0 spiro atoms. The van der Waals surface area contributed by atoms with Gasteiger partial charge in [-0.15, -0.1) is 0 Å². The van der Waals surface area contributed by atoms with Crippen molar-refractivity contribution in [1.29, 1.82) is 0 Å². The summed E-state index contributed by atoms with van der Waals surface area (Å²) < 4.78 is 0. The molecular formula is C12H16O4. The first kappa shape index (κ1) is 12.5. The molecule has 0 aromatic rings. The van der Waals surface area contributed by atoms with Gasteiger partial charge in [-0.3, -0.25) is 0 Å². The Labute approximate surface area is 94.3 Å². The van der Waals surface area contributed by atoms with E-state index < -0.39 is 11.9 Å². The third-order valence-electron chi connectivity index (χ3n) is 2.87. The second kappa shape index (κ2) is 5.49. The van der Waals surface area contributed by atoms with Crippen molar-refractivity contribution in [2.45, 2.75) is 39.0 Å². The average Bonchev–Trinajstić information content (AvgIpc) is 1.97. The molecule has 0 unspecified atom stereocenters. The topological polar surface area (TPSA) is 74.6 Å². The van der Waals surface area contributed by atoms with Crippen molar-refractivity contribution in [1.82, 2.24) is 0 Å². The third-order valence-corrected chi connectivity index (χ3v) is 2.87. The molecular weight excluding hydrogens is 208 g/mol. The Hall–Kier alpha value is -1.58. The van der Waals surface area contributed by atoms with Crippen LogP contribution in [0.1, 0.15) is 39.0 Å². The second-order valence-corrected chi connectivity index (χ2v) is 3.81.